The van der Waals surface area contributed by atoms with E-state index >= 15 is 0 Å². The summed E-state index contributed by atoms with van der Waals surface area (Å²) in [6, 6.07) is 6.19. The minimum Gasteiger partial charge on any atom is -0.458 e. The van der Waals surface area contributed by atoms with E-state index in [-0.39, 0.29) is 10.6 Å². The average Bonchev–Trinajstić information content (AvgIpc) is 3.10. The fourth-order valence-corrected chi connectivity index (χ4v) is 5.07. The maximum Gasteiger partial charge on any atom is 0.466 e. The normalized spacial score (nSPS) is 30.2. The van der Waals surface area contributed by atoms with Crippen molar-refractivity contribution in [1.82, 2.24) is 0 Å². The third-order valence-electron chi connectivity index (χ3n) is 5.65. The molecule has 1 fully saturated rings. The van der Waals surface area contributed by atoms with Crippen molar-refractivity contribution < 1.29 is 61.8 Å². The van der Waals surface area contributed by atoms with E-state index in [0.717, 1.165) is 6.08 Å². The zero-order chi connectivity index (χ0) is 28.3. The molecule has 15 nitrogen and oxygen atoms in total. The molecule has 7 unspecified atom stereocenters. The second-order valence-corrected chi connectivity index (χ2v) is 10.5. The van der Waals surface area contributed by atoms with Crippen molar-refractivity contribution in [3.05, 3.63) is 42.5 Å². The van der Waals surface area contributed by atoms with Gasteiger partial charge in [0.05, 0.1) is 13.0 Å². The van der Waals surface area contributed by atoms with Crippen molar-refractivity contribution in [3.63, 3.8) is 0 Å². The lowest BCUT2D eigenvalue weighted by Crippen LogP contribution is -2.57. The molecule has 2 aliphatic heterocycles. The first-order chi connectivity index (χ1) is 17.8. The topological polar surface area (TPSA) is 242 Å². The number of hydrogen-bond acceptors (Lipinski definition) is 14. The first-order valence-corrected chi connectivity index (χ1v) is 13.2. The predicted octanol–water partition coefficient (Wildman–Crippen LogP) is -1.63. The van der Waals surface area contributed by atoms with Crippen molar-refractivity contribution >= 4 is 44.8 Å². The summed E-state index contributed by atoms with van der Waals surface area (Å²) in [6.07, 6.45) is -7.84. The summed E-state index contributed by atoms with van der Waals surface area (Å²) in [6.45, 7) is 2.77. The van der Waals surface area contributed by atoms with Gasteiger partial charge in [0, 0.05) is 17.7 Å². The molecule has 2 aliphatic rings. The number of nitrogens with one attached hydrogen (secondary N) is 1. The molecule has 7 N–H and O–H groups in total. The number of thioether (sulfide) groups is 1. The first kappa shape index (κ1) is 29.9. The summed E-state index contributed by atoms with van der Waals surface area (Å²) in [7, 11) is -5.08. The molecule has 0 aliphatic carbocycles. The lowest BCUT2D eigenvalue weighted by atomic mass is 9.92. The molecule has 0 radical (unpaired) electrons. The molecule has 3 rings (SSSR count). The van der Waals surface area contributed by atoms with Gasteiger partial charge >= 0.3 is 16.4 Å². The number of benzene rings is 1. The van der Waals surface area contributed by atoms with Gasteiger partial charge in [-0.05, 0) is 6.07 Å². The zero-order valence-corrected chi connectivity index (χ0v) is 21.1. The molecule has 38 heavy (non-hydrogen) atoms. The molecule has 210 valence electrons. The van der Waals surface area contributed by atoms with Crippen LogP contribution in [0.2, 0.25) is 0 Å². The lowest BCUT2D eigenvalue weighted by Gasteiger charge is -2.39. The zero-order valence-electron chi connectivity index (χ0n) is 19.5. The third-order valence-corrected chi connectivity index (χ3v) is 7.05. The van der Waals surface area contributed by atoms with Crippen LogP contribution in [0.25, 0.3) is 0 Å². The summed E-state index contributed by atoms with van der Waals surface area (Å²) in [5.41, 5.74) is -3.15. The molecule has 1 aromatic carbocycles. The highest BCUT2D eigenvalue weighted by molar-refractivity contribution is 8.14. The van der Waals surface area contributed by atoms with Gasteiger partial charge in [0.1, 0.15) is 41.0 Å². The minimum atomic E-state index is -5.08. The van der Waals surface area contributed by atoms with Gasteiger partial charge < -0.3 is 40.3 Å². The number of ether oxygens (including phenoxy) is 2. The Kier molecular flexibility index (Phi) is 9.50. The van der Waals surface area contributed by atoms with Crippen molar-refractivity contribution in [2.45, 2.75) is 54.4 Å². The number of esters is 1. The van der Waals surface area contributed by atoms with Crippen molar-refractivity contribution in [3.8, 4) is 0 Å². The fourth-order valence-electron chi connectivity index (χ4n) is 3.74. The summed E-state index contributed by atoms with van der Waals surface area (Å²) in [5.74, 6) is -1.88. The predicted molar refractivity (Wildman–Crippen MR) is 130 cm³/mol. The Hall–Kier alpha value is -2.61. The van der Waals surface area contributed by atoms with Crippen molar-refractivity contribution in [2.24, 2.45) is 5.16 Å². The van der Waals surface area contributed by atoms with Crippen LogP contribution in [0.5, 0.6) is 0 Å². The van der Waals surface area contributed by atoms with Gasteiger partial charge in [-0.2, -0.15) is 8.42 Å². The number of aliphatic hydroxyl groups is 5. The maximum absolute atomic E-state index is 12.7. The van der Waals surface area contributed by atoms with E-state index in [9.17, 15) is 43.5 Å². The highest BCUT2D eigenvalue weighted by Gasteiger charge is 2.48. The van der Waals surface area contributed by atoms with E-state index < -0.39 is 83.3 Å². The maximum atomic E-state index is 12.7. The van der Waals surface area contributed by atoms with Gasteiger partial charge in [0.25, 0.3) is 5.91 Å². The molecule has 2 heterocycles. The van der Waals surface area contributed by atoms with Crippen molar-refractivity contribution in [2.75, 3.05) is 11.9 Å². The van der Waals surface area contributed by atoms with Crippen LogP contribution in [0, 0.1) is 0 Å². The van der Waals surface area contributed by atoms with Crippen LogP contribution in [-0.4, -0.2) is 98.0 Å². The van der Waals surface area contributed by atoms with E-state index in [0.29, 0.717) is 17.4 Å². The summed E-state index contributed by atoms with van der Waals surface area (Å²) in [5, 5.41) is 55.8. The molecular weight excluding hydrogens is 552 g/mol. The second kappa shape index (κ2) is 12.1. The van der Waals surface area contributed by atoms with Gasteiger partial charge in [-0.1, -0.05) is 47.8 Å². The van der Waals surface area contributed by atoms with Crippen molar-refractivity contribution in [1.29, 1.82) is 0 Å². The SMILES string of the molecule is C=CC(C/C(=N\OS(=O)(=O)O)SC1OC(CO)C(O)C(O)C1O)OC(=O)CC1(O)C(=O)Nc2ccccc21. The van der Waals surface area contributed by atoms with Gasteiger partial charge in [0.2, 0.25) is 0 Å². The van der Waals surface area contributed by atoms with Gasteiger partial charge in [-0.15, -0.1) is 0 Å². The van der Waals surface area contributed by atoms with Crippen LogP contribution in [0.3, 0.4) is 0 Å². The highest BCUT2D eigenvalue weighted by atomic mass is 32.3. The standard InChI is InChI=1S/C21H26N2O13S2/c1-2-10(34-15(25)8-21(30)11-5-3-4-6-12(11)22-20(21)29)7-14(23-36-38(31,32)33)37-19-18(28)17(27)16(26)13(9-24)35-19/h2-6,10,13,16-19,24,26-28,30H,1,7-9H2,(H,22,29)(H,31,32,33)/b23-14+. The molecular formula is C21H26N2O13S2. The number of oxime groups is 1. The number of carbonyl (C=O) groups excluding carboxylic acids is 2. The molecule has 0 bridgehead atoms. The monoisotopic (exact) mass is 578 g/mol. The Morgan fingerprint density at radius 2 is 1.95 bits per heavy atom. The second-order valence-electron chi connectivity index (χ2n) is 8.31. The lowest BCUT2D eigenvalue weighted by molar-refractivity contribution is -0.205. The summed E-state index contributed by atoms with van der Waals surface area (Å²) < 4.78 is 45.6. The van der Waals surface area contributed by atoms with Gasteiger partial charge in [0.15, 0.2) is 5.60 Å². The highest BCUT2D eigenvalue weighted by Crippen LogP contribution is 2.38. The number of rotatable bonds is 10. The Balaban J connectivity index is 1.74. The first-order valence-electron chi connectivity index (χ1n) is 10.9. The number of aliphatic hydroxyl groups excluding tert-OH is 4. The number of fused-ring (bicyclic) bond motifs is 1. The molecule has 0 aromatic heterocycles. The molecule has 1 aromatic rings. The van der Waals surface area contributed by atoms with Crippen LogP contribution in [0.15, 0.2) is 42.1 Å². The number of amides is 1. The number of hydrogen-bond donors (Lipinski definition) is 7. The molecule has 1 saturated heterocycles. The molecule has 1 amide bonds. The number of nitrogens with zero attached hydrogens (tertiary/aromatic N) is 1. The number of para-hydroxylation sites is 1. The molecule has 7 atom stereocenters. The van der Waals surface area contributed by atoms with E-state index in [4.69, 9.17) is 14.0 Å². The minimum absolute atomic E-state index is 0.166. The molecule has 17 heteroatoms. The van der Waals surface area contributed by atoms with Gasteiger partial charge in [-0.3, -0.25) is 14.1 Å². The molecule has 0 saturated carbocycles. The Morgan fingerprint density at radius 1 is 1.26 bits per heavy atom. The summed E-state index contributed by atoms with van der Waals surface area (Å²) >= 11 is 0.476. The summed E-state index contributed by atoms with van der Waals surface area (Å²) in [4.78, 5) is 25.0. The van der Waals surface area contributed by atoms with Crippen LogP contribution in [-0.2, 0) is 39.3 Å². The number of anilines is 1. The van der Waals surface area contributed by atoms with E-state index in [1.54, 1.807) is 12.1 Å². The Morgan fingerprint density at radius 3 is 2.58 bits per heavy atom. The molecule has 0 spiro atoms. The van der Waals surface area contributed by atoms with Gasteiger partial charge in [-0.25, -0.2) is 4.28 Å². The Bertz CT molecular complexity index is 1190. The van der Waals surface area contributed by atoms with Crippen LogP contribution in [0.1, 0.15) is 18.4 Å². The third kappa shape index (κ3) is 6.87. The number of carbonyl (C=O) groups is 2. The Labute approximate surface area is 220 Å². The average molecular weight is 579 g/mol. The fraction of sp³-hybridized carbons (Fsp3) is 0.476. The van der Waals surface area contributed by atoms with E-state index in [1.165, 1.54) is 12.1 Å². The van der Waals surface area contributed by atoms with E-state index in [2.05, 4.69) is 21.3 Å². The van der Waals surface area contributed by atoms with Crippen LogP contribution < -0.4 is 5.32 Å². The van der Waals surface area contributed by atoms with Crippen LogP contribution in [0.4, 0.5) is 5.69 Å². The largest absolute Gasteiger partial charge is 0.466 e. The van der Waals surface area contributed by atoms with E-state index in [1.807, 2.05) is 0 Å². The van der Waals surface area contributed by atoms with Crippen LogP contribution >= 0.6 is 11.8 Å². The quantitative estimate of drug-likeness (QED) is 0.0412. The smallest absolute Gasteiger partial charge is 0.458 e.